The number of unbranched alkanes of at least 4 members (excludes halogenated alkanes) is 15. The van der Waals surface area contributed by atoms with E-state index in [1.54, 1.807) is 0 Å². The molecule has 0 saturated carbocycles. The first-order chi connectivity index (χ1) is 20.6. The van der Waals surface area contributed by atoms with Crippen LogP contribution in [0.1, 0.15) is 149 Å². The Morgan fingerprint density at radius 1 is 0.465 bits per heavy atom. The highest BCUT2D eigenvalue weighted by molar-refractivity contribution is 5.76. The van der Waals surface area contributed by atoms with E-state index in [2.05, 4.69) is 64.8 Å². The average molecular weight is 609 g/mol. The number of nitrogens with one attached hydrogen (secondary N) is 2. The predicted octanol–water partition coefficient (Wildman–Crippen LogP) is 8.16. The Morgan fingerprint density at radius 2 is 0.767 bits per heavy atom. The first-order valence-electron chi connectivity index (χ1n) is 18.4. The molecule has 0 atom stereocenters. The summed E-state index contributed by atoms with van der Waals surface area (Å²) in [4.78, 5) is 24.3. The fourth-order valence-electron chi connectivity index (χ4n) is 5.56. The van der Waals surface area contributed by atoms with E-state index in [0.717, 1.165) is 73.9 Å². The maximum absolute atomic E-state index is 12.2. The van der Waals surface area contributed by atoms with Crippen molar-refractivity contribution in [3.8, 4) is 0 Å². The maximum atomic E-state index is 12.2. The molecule has 0 bridgehead atoms. The van der Waals surface area contributed by atoms with Crippen LogP contribution < -0.4 is 10.6 Å². The van der Waals surface area contributed by atoms with Gasteiger partial charge in [0.05, 0.1) is 54.4 Å². The van der Waals surface area contributed by atoms with Gasteiger partial charge in [0.25, 0.3) is 0 Å². The van der Waals surface area contributed by atoms with E-state index in [-0.39, 0.29) is 11.8 Å². The molecule has 43 heavy (non-hydrogen) atoms. The standard InChI is InChI=1S/C37H74N4O2/c1-7-9-11-13-15-17-19-21-23-29-37(43)39-31-27-35-41(5,6)33-25-24-32-40(3,4)34-26-30-38-36(42)28-22-20-18-16-14-12-10-8-2/h24-25H,7-23,26-35H2,1-6H3/p+2. The molecule has 2 N–H and O–H groups in total. The van der Waals surface area contributed by atoms with Gasteiger partial charge in [-0.2, -0.15) is 0 Å². The lowest BCUT2D eigenvalue weighted by Crippen LogP contribution is -2.43. The number of hydrogen-bond donors (Lipinski definition) is 2. The highest BCUT2D eigenvalue weighted by Crippen LogP contribution is 2.11. The summed E-state index contributed by atoms with van der Waals surface area (Å²) in [6.45, 7) is 10.2. The minimum Gasteiger partial charge on any atom is -0.356 e. The largest absolute Gasteiger partial charge is 0.356 e. The molecule has 0 radical (unpaired) electrons. The van der Waals surface area contributed by atoms with Crippen molar-refractivity contribution in [3.63, 3.8) is 0 Å². The third-order valence-corrected chi connectivity index (χ3v) is 8.66. The third kappa shape index (κ3) is 30.4. The summed E-state index contributed by atoms with van der Waals surface area (Å²) in [5.41, 5.74) is 0. The molecule has 0 aromatic heterocycles. The van der Waals surface area contributed by atoms with Crippen LogP contribution in [0.5, 0.6) is 0 Å². The Bertz CT molecular complexity index is 690. The number of carbonyl (C=O) groups excluding carboxylic acids is 2. The zero-order valence-electron chi connectivity index (χ0n) is 30.0. The zero-order chi connectivity index (χ0) is 32.1. The average Bonchev–Trinajstić information content (AvgIpc) is 2.96. The summed E-state index contributed by atoms with van der Waals surface area (Å²) in [5.74, 6) is 0.436. The van der Waals surface area contributed by atoms with Crippen LogP contribution in [0.4, 0.5) is 0 Å². The van der Waals surface area contributed by atoms with E-state index in [1.807, 2.05) is 0 Å². The van der Waals surface area contributed by atoms with E-state index in [0.29, 0.717) is 12.8 Å². The van der Waals surface area contributed by atoms with Crippen LogP contribution in [-0.4, -0.2) is 88.2 Å². The normalized spacial score (nSPS) is 12.2. The molecule has 0 aromatic rings. The van der Waals surface area contributed by atoms with Gasteiger partial charge in [-0.3, -0.25) is 9.59 Å². The van der Waals surface area contributed by atoms with E-state index in [9.17, 15) is 9.59 Å². The quantitative estimate of drug-likeness (QED) is 0.0474. The molecule has 0 heterocycles. The fourth-order valence-corrected chi connectivity index (χ4v) is 5.56. The highest BCUT2D eigenvalue weighted by atomic mass is 16.2. The lowest BCUT2D eigenvalue weighted by molar-refractivity contribution is -0.887. The second-order valence-electron chi connectivity index (χ2n) is 14.4. The Morgan fingerprint density at radius 3 is 1.09 bits per heavy atom. The van der Waals surface area contributed by atoms with Gasteiger partial charge in [0.15, 0.2) is 0 Å². The smallest absolute Gasteiger partial charge is 0.219 e. The molecule has 0 aliphatic carbocycles. The molecule has 6 heteroatoms. The number of quaternary nitrogens is 2. The molecule has 0 aliphatic rings. The van der Waals surface area contributed by atoms with Gasteiger partial charge in [0, 0.05) is 38.8 Å². The number of likely N-dealkylation sites (N-methyl/N-ethyl adjacent to an activating group) is 2. The SMILES string of the molecule is CCCCCCCCCCCC(=O)NCCC[N+](C)(C)CC=CC[N+](C)(C)CCCNC(=O)CCCCCCCCCC. The van der Waals surface area contributed by atoms with Crippen molar-refractivity contribution in [1.82, 2.24) is 10.6 Å². The minimum atomic E-state index is 0.217. The molecule has 6 nitrogen and oxygen atoms in total. The van der Waals surface area contributed by atoms with Crippen molar-refractivity contribution in [1.29, 1.82) is 0 Å². The van der Waals surface area contributed by atoms with Gasteiger partial charge in [-0.15, -0.1) is 0 Å². The molecule has 0 saturated heterocycles. The molecule has 0 aliphatic heterocycles. The molecule has 2 amide bonds. The summed E-state index contributed by atoms with van der Waals surface area (Å²) >= 11 is 0. The fraction of sp³-hybridized carbons (Fsp3) is 0.892. The predicted molar refractivity (Wildman–Crippen MR) is 187 cm³/mol. The van der Waals surface area contributed by atoms with E-state index < -0.39 is 0 Å². The Hall–Kier alpha value is -1.40. The topological polar surface area (TPSA) is 58.2 Å². The summed E-state index contributed by atoms with van der Waals surface area (Å²) in [6.07, 6.45) is 29.7. The first kappa shape index (κ1) is 41.6. The van der Waals surface area contributed by atoms with Crippen molar-refractivity contribution in [3.05, 3.63) is 12.2 Å². The maximum Gasteiger partial charge on any atom is 0.219 e. The van der Waals surface area contributed by atoms with Crippen molar-refractivity contribution in [2.75, 3.05) is 67.5 Å². The number of carbonyl (C=O) groups is 2. The lowest BCUT2D eigenvalue weighted by atomic mass is 10.1. The van der Waals surface area contributed by atoms with Crippen LogP contribution in [0.15, 0.2) is 12.2 Å². The van der Waals surface area contributed by atoms with Crippen LogP contribution in [-0.2, 0) is 9.59 Å². The molecule has 254 valence electrons. The summed E-state index contributed by atoms with van der Waals surface area (Å²) < 4.78 is 1.87. The van der Waals surface area contributed by atoms with Crippen LogP contribution in [0.3, 0.4) is 0 Å². The molecule has 0 unspecified atom stereocenters. The van der Waals surface area contributed by atoms with Crippen LogP contribution in [0.2, 0.25) is 0 Å². The van der Waals surface area contributed by atoms with Crippen molar-refractivity contribution in [2.24, 2.45) is 0 Å². The van der Waals surface area contributed by atoms with E-state index in [4.69, 9.17) is 0 Å². The summed E-state index contributed by atoms with van der Waals surface area (Å²) in [5, 5.41) is 6.25. The number of nitrogens with zero attached hydrogens (tertiary/aromatic N) is 2. The minimum absolute atomic E-state index is 0.217. The van der Waals surface area contributed by atoms with Gasteiger partial charge >= 0.3 is 0 Å². The van der Waals surface area contributed by atoms with Gasteiger partial charge in [0.1, 0.15) is 0 Å². The van der Waals surface area contributed by atoms with Gasteiger partial charge in [-0.05, 0) is 25.0 Å². The van der Waals surface area contributed by atoms with Crippen molar-refractivity contribution in [2.45, 2.75) is 149 Å². The third-order valence-electron chi connectivity index (χ3n) is 8.66. The van der Waals surface area contributed by atoms with Crippen LogP contribution >= 0.6 is 0 Å². The van der Waals surface area contributed by atoms with Crippen molar-refractivity contribution < 1.29 is 18.6 Å². The van der Waals surface area contributed by atoms with Gasteiger partial charge in [0.2, 0.25) is 11.8 Å². The Labute approximate surface area is 269 Å². The molecular formula is C37H76N4O2+2. The molecular weight excluding hydrogens is 532 g/mol. The monoisotopic (exact) mass is 609 g/mol. The lowest BCUT2D eigenvalue weighted by Gasteiger charge is -2.30. The number of hydrogen-bond acceptors (Lipinski definition) is 2. The van der Waals surface area contributed by atoms with Crippen LogP contribution in [0, 0.1) is 0 Å². The molecule has 0 fully saturated rings. The highest BCUT2D eigenvalue weighted by Gasteiger charge is 2.15. The summed E-state index contributed by atoms with van der Waals surface area (Å²) in [6, 6.07) is 0. The second kappa shape index (κ2) is 28.1. The molecule has 0 spiro atoms. The van der Waals surface area contributed by atoms with Gasteiger partial charge < -0.3 is 19.6 Å². The zero-order valence-corrected chi connectivity index (χ0v) is 30.0. The Kier molecular flexibility index (Phi) is 27.2. The number of amides is 2. The van der Waals surface area contributed by atoms with E-state index in [1.165, 1.54) is 96.3 Å². The molecule has 0 rings (SSSR count). The molecule has 0 aromatic carbocycles. The number of rotatable bonds is 31. The van der Waals surface area contributed by atoms with Gasteiger partial charge in [-0.25, -0.2) is 0 Å². The first-order valence-corrected chi connectivity index (χ1v) is 18.4. The summed E-state index contributed by atoms with van der Waals surface area (Å²) in [7, 11) is 9.07. The van der Waals surface area contributed by atoms with E-state index >= 15 is 0 Å². The van der Waals surface area contributed by atoms with Crippen LogP contribution in [0.25, 0.3) is 0 Å². The van der Waals surface area contributed by atoms with Gasteiger partial charge in [-0.1, -0.05) is 110 Å². The Balaban J connectivity index is 3.80. The van der Waals surface area contributed by atoms with Crippen molar-refractivity contribution >= 4 is 11.8 Å². The second-order valence-corrected chi connectivity index (χ2v) is 14.4.